The zero-order valence-corrected chi connectivity index (χ0v) is 17.6. The second-order valence-electron chi connectivity index (χ2n) is 6.56. The van der Waals surface area contributed by atoms with Crippen molar-refractivity contribution >= 4 is 38.0 Å². The molecule has 0 aliphatic heterocycles. The third-order valence-corrected chi connectivity index (χ3v) is 6.55. The number of aromatic nitrogens is 1. The van der Waals surface area contributed by atoms with Crippen molar-refractivity contribution in [2.45, 2.75) is 24.7 Å². The maximum absolute atomic E-state index is 12.6. The van der Waals surface area contributed by atoms with Crippen LogP contribution in [0.5, 0.6) is 0 Å². The van der Waals surface area contributed by atoms with Crippen molar-refractivity contribution in [3.8, 4) is 0 Å². The first kappa shape index (κ1) is 20.9. The molecule has 0 atom stereocenters. The molecule has 29 heavy (non-hydrogen) atoms. The number of aryl methyl sites for hydroxylation is 2. The van der Waals surface area contributed by atoms with Gasteiger partial charge < -0.3 is 0 Å². The molecule has 8 heteroatoms. The summed E-state index contributed by atoms with van der Waals surface area (Å²) in [6, 6.07) is 15.7. The predicted molar refractivity (Wildman–Crippen MR) is 113 cm³/mol. The number of rotatable bonds is 7. The van der Waals surface area contributed by atoms with E-state index in [9.17, 15) is 18.0 Å². The van der Waals surface area contributed by atoms with Crippen LogP contribution in [0.4, 0.5) is 5.13 Å². The highest BCUT2D eigenvalue weighted by molar-refractivity contribution is 7.90. The summed E-state index contributed by atoms with van der Waals surface area (Å²) in [5.74, 6) is -0.621. The minimum atomic E-state index is -3.55. The van der Waals surface area contributed by atoms with Gasteiger partial charge in [-0.15, -0.1) is 0 Å². The van der Waals surface area contributed by atoms with Crippen molar-refractivity contribution in [1.82, 2.24) is 4.98 Å². The lowest BCUT2D eigenvalue weighted by Crippen LogP contribution is -2.15. The Kier molecular flexibility index (Phi) is 6.24. The Morgan fingerprint density at radius 3 is 2.38 bits per heavy atom. The minimum Gasteiger partial charge on any atom is -0.298 e. The first-order chi connectivity index (χ1) is 13.8. The Labute approximate surface area is 173 Å². The van der Waals surface area contributed by atoms with Crippen LogP contribution in [0.25, 0.3) is 0 Å². The van der Waals surface area contributed by atoms with Gasteiger partial charge >= 0.3 is 0 Å². The van der Waals surface area contributed by atoms with Crippen LogP contribution in [0.2, 0.25) is 0 Å². The van der Waals surface area contributed by atoms with E-state index in [1.54, 1.807) is 19.1 Å². The van der Waals surface area contributed by atoms with Gasteiger partial charge in [-0.25, -0.2) is 13.4 Å². The van der Waals surface area contributed by atoms with Gasteiger partial charge in [-0.2, -0.15) is 0 Å². The van der Waals surface area contributed by atoms with Crippen LogP contribution < -0.4 is 5.32 Å². The van der Waals surface area contributed by atoms with Crippen molar-refractivity contribution in [1.29, 1.82) is 0 Å². The summed E-state index contributed by atoms with van der Waals surface area (Å²) in [6.07, 6.45) is 2.02. The standard InChI is InChI=1S/C21H20N2O4S2/c1-14-19(17(24)13-12-15-8-4-3-5-9-15)28-21(22-14)23-20(25)16-10-6-7-11-18(16)29(2,26)27/h3-11H,12-13H2,1-2H3,(H,22,23,25). The van der Waals surface area contributed by atoms with Crippen LogP contribution in [0.1, 0.15) is 37.7 Å². The fraction of sp³-hybridized carbons (Fsp3) is 0.190. The van der Waals surface area contributed by atoms with Crippen LogP contribution in [0.15, 0.2) is 59.5 Å². The summed E-state index contributed by atoms with van der Waals surface area (Å²) in [5, 5.41) is 2.88. The number of anilines is 1. The SMILES string of the molecule is Cc1nc(NC(=O)c2ccccc2S(C)(=O)=O)sc1C(=O)CCc1ccccc1. The van der Waals surface area contributed by atoms with Gasteiger partial charge in [0.2, 0.25) is 0 Å². The summed E-state index contributed by atoms with van der Waals surface area (Å²) in [6.45, 7) is 1.71. The Morgan fingerprint density at radius 1 is 1.03 bits per heavy atom. The number of nitrogens with one attached hydrogen (secondary N) is 1. The zero-order valence-electron chi connectivity index (χ0n) is 16.0. The number of sulfone groups is 1. The average molecular weight is 429 g/mol. The molecule has 150 valence electrons. The molecule has 0 aliphatic carbocycles. The highest BCUT2D eigenvalue weighted by atomic mass is 32.2. The molecule has 1 N–H and O–H groups in total. The molecule has 1 heterocycles. The second-order valence-corrected chi connectivity index (χ2v) is 9.55. The molecule has 1 amide bonds. The highest BCUT2D eigenvalue weighted by Gasteiger charge is 2.21. The van der Waals surface area contributed by atoms with Gasteiger partial charge in [0.05, 0.1) is 21.0 Å². The molecular weight excluding hydrogens is 408 g/mol. The monoisotopic (exact) mass is 428 g/mol. The summed E-state index contributed by atoms with van der Waals surface area (Å²) < 4.78 is 23.8. The van der Waals surface area contributed by atoms with E-state index in [0.717, 1.165) is 23.2 Å². The molecule has 0 unspecified atom stereocenters. The lowest BCUT2D eigenvalue weighted by molar-refractivity contribution is 0.0984. The third-order valence-electron chi connectivity index (χ3n) is 4.29. The molecule has 0 aliphatic rings. The van der Waals surface area contributed by atoms with Gasteiger partial charge in [-0.3, -0.25) is 14.9 Å². The molecule has 2 aromatic carbocycles. The Hall–Kier alpha value is -2.84. The van der Waals surface area contributed by atoms with Crippen LogP contribution >= 0.6 is 11.3 Å². The van der Waals surface area contributed by atoms with E-state index in [4.69, 9.17) is 0 Å². The van der Waals surface area contributed by atoms with Gasteiger partial charge in [-0.1, -0.05) is 53.8 Å². The van der Waals surface area contributed by atoms with E-state index < -0.39 is 15.7 Å². The lowest BCUT2D eigenvalue weighted by atomic mass is 10.1. The topological polar surface area (TPSA) is 93.2 Å². The molecular formula is C21H20N2O4S2. The van der Waals surface area contributed by atoms with E-state index in [1.807, 2.05) is 30.3 Å². The maximum Gasteiger partial charge on any atom is 0.258 e. The molecule has 3 aromatic rings. The van der Waals surface area contributed by atoms with Gasteiger partial charge in [0.15, 0.2) is 20.8 Å². The fourth-order valence-corrected chi connectivity index (χ4v) is 4.68. The van der Waals surface area contributed by atoms with Gasteiger partial charge in [0, 0.05) is 12.7 Å². The Balaban J connectivity index is 1.74. The number of nitrogens with zero attached hydrogens (tertiary/aromatic N) is 1. The first-order valence-electron chi connectivity index (χ1n) is 8.90. The molecule has 0 saturated heterocycles. The fourth-order valence-electron chi connectivity index (χ4n) is 2.87. The van der Waals surface area contributed by atoms with Crippen LogP contribution in [-0.2, 0) is 16.3 Å². The Morgan fingerprint density at radius 2 is 1.69 bits per heavy atom. The van der Waals surface area contributed by atoms with E-state index in [0.29, 0.717) is 23.4 Å². The number of amides is 1. The number of benzene rings is 2. The lowest BCUT2D eigenvalue weighted by Gasteiger charge is -2.06. The molecule has 0 radical (unpaired) electrons. The summed E-state index contributed by atoms with van der Waals surface area (Å²) >= 11 is 1.10. The molecule has 0 spiro atoms. The number of thiazole rings is 1. The van der Waals surface area contributed by atoms with Crippen LogP contribution in [0, 0.1) is 6.92 Å². The number of hydrogen-bond acceptors (Lipinski definition) is 6. The Bertz CT molecular complexity index is 1150. The van der Waals surface area contributed by atoms with Crippen molar-refractivity contribution in [2.24, 2.45) is 0 Å². The normalized spacial score (nSPS) is 11.2. The summed E-state index contributed by atoms with van der Waals surface area (Å²) in [4.78, 5) is 29.9. The van der Waals surface area contributed by atoms with E-state index in [2.05, 4.69) is 10.3 Å². The molecule has 0 saturated carbocycles. The number of carbonyl (C=O) groups is 2. The maximum atomic E-state index is 12.6. The van der Waals surface area contributed by atoms with Crippen LogP contribution in [-0.4, -0.2) is 31.3 Å². The first-order valence-corrected chi connectivity index (χ1v) is 11.6. The quantitative estimate of drug-likeness (QED) is 0.576. The molecule has 1 aromatic heterocycles. The van der Waals surface area contributed by atoms with Gasteiger partial charge in [0.1, 0.15) is 0 Å². The predicted octanol–water partition coefficient (Wildman–Crippen LogP) is 3.92. The van der Waals surface area contributed by atoms with Crippen molar-refractivity contribution in [2.75, 3.05) is 11.6 Å². The third kappa shape index (κ3) is 5.16. The van der Waals surface area contributed by atoms with E-state index in [-0.39, 0.29) is 21.4 Å². The van der Waals surface area contributed by atoms with Crippen molar-refractivity contribution < 1.29 is 18.0 Å². The number of Topliss-reactive ketones (excluding diaryl/α,β-unsaturated/α-hetero) is 1. The smallest absolute Gasteiger partial charge is 0.258 e. The summed E-state index contributed by atoms with van der Waals surface area (Å²) in [7, 11) is -3.55. The van der Waals surface area contributed by atoms with Crippen molar-refractivity contribution in [3.05, 3.63) is 76.3 Å². The molecule has 3 rings (SSSR count). The minimum absolute atomic E-state index is 0.0408. The van der Waals surface area contributed by atoms with E-state index >= 15 is 0 Å². The highest BCUT2D eigenvalue weighted by Crippen LogP contribution is 2.26. The molecule has 0 bridgehead atoms. The second kappa shape index (κ2) is 8.67. The number of carbonyl (C=O) groups excluding carboxylic acids is 2. The van der Waals surface area contributed by atoms with Gasteiger partial charge in [-0.05, 0) is 31.0 Å². The number of ketones is 1. The zero-order chi connectivity index (χ0) is 21.0. The number of hydrogen-bond donors (Lipinski definition) is 1. The van der Waals surface area contributed by atoms with E-state index in [1.165, 1.54) is 12.1 Å². The summed E-state index contributed by atoms with van der Waals surface area (Å²) in [5.41, 5.74) is 1.66. The van der Waals surface area contributed by atoms with Gasteiger partial charge in [0.25, 0.3) is 5.91 Å². The van der Waals surface area contributed by atoms with Crippen molar-refractivity contribution in [3.63, 3.8) is 0 Å². The van der Waals surface area contributed by atoms with Crippen LogP contribution in [0.3, 0.4) is 0 Å². The largest absolute Gasteiger partial charge is 0.298 e. The molecule has 6 nitrogen and oxygen atoms in total. The average Bonchev–Trinajstić information content (AvgIpc) is 3.06. The molecule has 0 fully saturated rings.